The lowest BCUT2D eigenvalue weighted by Gasteiger charge is -2.09. The fraction of sp³-hybridized carbons (Fsp3) is 0.231. The zero-order valence-corrected chi connectivity index (χ0v) is 14.1. The molecule has 22 heavy (non-hydrogen) atoms. The average molecular weight is 356 g/mol. The van der Waals surface area contributed by atoms with Crippen molar-refractivity contribution in [3.63, 3.8) is 0 Å². The Morgan fingerprint density at radius 2 is 2.36 bits per heavy atom. The zero-order valence-electron chi connectivity index (χ0n) is 11.7. The van der Waals surface area contributed by atoms with Gasteiger partial charge in [-0.15, -0.1) is 16.8 Å². The number of anilines is 2. The molecule has 0 saturated heterocycles. The molecule has 9 heteroatoms. The number of nitrogens with zero attached hydrogens (tertiary/aromatic N) is 3. The van der Waals surface area contributed by atoms with Gasteiger partial charge in [0.1, 0.15) is 5.82 Å². The molecule has 1 atom stereocenters. The van der Waals surface area contributed by atoms with E-state index in [9.17, 15) is 4.79 Å². The van der Waals surface area contributed by atoms with Crippen molar-refractivity contribution in [2.75, 3.05) is 17.2 Å². The van der Waals surface area contributed by atoms with Crippen LogP contribution in [0.5, 0.6) is 0 Å². The maximum absolute atomic E-state index is 12.1. The van der Waals surface area contributed by atoms with Gasteiger partial charge in [-0.05, 0) is 19.1 Å². The molecule has 116 valence electrons. The predicted molar refractivity (Wildman–Crippen MR) is 91.8 cm³/mol. The summed E-state index contributed by atoms with van der Waals surface area (Å²) in [6, 6.07) is 3.32. The van der Waals surface area contributed by atoms with Gasteiger partial charge in [-0.2, -0.15) is 0 Å². The SMILES string of the molecule is C=CCNc1nnc(S[C@@H](C)C(=O)Nc2ccc(Cl)cn2)s1. The number of aromatic nitrogens is 3. The summed E-state index contributed by atoms with van der Waals surface area (Å²) in [7, 11) is 0. The molecule has 0 spiro atoms. The summed E-state index contributed by atoms with van der Waals surface area (Å²) in [4.78, 5) is 16.1. The molecule has 0 unspecified atom stereocenters. The lowest BCUT2D eigenvalue weighted by molar-refractivity contribution is -0.115. The van der Waals surface area contributed by atoms with Gasteiger partial charge in [0.05, 0.1) is 10.3 Å². The summed E-state index contributed by atoms with van der Waals surface area (Å²) in [6.07, 6.45) is 3.22. The largest absolute Gasteiger partial charge is 0.357 e. The predicted octanol–water partition coefficient (Wildman–Crippen LogP) is 3.30. The molecule has 2 aromatic rings. The first-order chi connectivity index (χ1) is 10.6. The first kappa shape index (κ1) is 16.7. The number of pyridine rings is 1. The van der Waals surface area contributed by atoms with Crippen LogP contribution in [0.4, 0.5) is 10.9 Å². The molecule has 2 N–H and O–H groups in total. The highest BCUT2D eigenvalue weighted by Gasteiger charge is 2.17. The standard InChI is InChI=1S/C13H14ClN5OS2/c1-3-6-15-12-18-19-13(22-12)21-8(2)11(20)17-10-5-4-9(14)7-16-10/h3-5,7-8H,1,6H2,2H3,(H,15,18)(H,16,17,20)/t8-/m0/s1. The number of halogens is 1. The van der Waals surface area contributed by atoms with Gasteiger partial charge in [-0.1, -0.05) is 40.8 Å². The topological polar surface area (TPSA) is 79.8 Å². The maximum atomic E-state index is 12.1. The molecule has 6 nitrogen and oxygen atoms in total. The van der Waals surface area contributed by atoms with Crippen LogP contribution < -0.4 is 10.6 Å². The van der Waals surface area contributed by atoms with Crippen LogP contribution in [0.2, 0.25) is 5.02 Å². The summed E-state index contributed by atoms with van der Waals surface area (Å²) >= 11 is 8.49. The second-order valence-corrected chi connectivity index (χ2v) is 7.16. The Hall–Kier alpha value is -1.64. The van der Waals surface area contributed by atoms with Crippen LogP contribution in [0.15, 0.2) is 35.3 Å². The van der Waals surface area contributed by atoms with Crippen LogP contribution >= 0.6 is 34.7 Å². The van der Waals surface area contributed by atoms with Crippen LogP contribution in [0, 0.1) is 0 Å². The number of carbonyl (C=O) groups excluding carboxylic acids is 1. The fourth-order valence-electron chi connectivity index (χ4n) is 1.37. The molecule has 2 rings (SSSR count). The third-order valence-corrected chi connectivity index (χ3v) is 4.72. The summed E-state index contributed by atoms with van der Waals surface area (Å²) in [5, 5.41) is 14.7. The quantitative estimate of drug-likeness (QED) is 0.586. The summed E-state index contributed by atoms with van der Waals surface area (Å²) in [5.74, 6) is 0.308. The van der Waals surface area contributed by atoms with E-state index in [1.54, 1.807) is 25.1 Å². The number of carbonyl (C=O) groups is 1. The van der Waals surface area contributed by atoms with Crippen molar-refractivity contribution in [1.29, 1.82) is 0 Å². The number of thioether (sulfide) groups is 1. The zero-order chi connectivity index (χ0) is 15.9. The van der Waals surface area contributed by atoms with Crippen molar-refractivity contribution in [3.8, 4) is 0 Å². The normalized spacial score (nSPS) is 11.7. The Bertz CT molecular complexity index is 646. The number of hydrogen-bond acceptors (Lipinski definition) is 7. The lowest BCUT2D eigenvalue weighted by atomic mass is 10.4. The van der Waals surface area contributed by atoms with Crippen molar-refractivity contribution in [2.45, 2.75) is 16.5 Å². The van der Waals surface area contributed by atoms with E-state index in [-0.39, 0.29) is 11.2 Å². The van der Waals surface area contributed by atoms with Gasteiger partial charge < -0.3 is 10.6 Å². The molecule has 1 amide bonds. The second kappa shape index (κ2) is 8.11. The van der Waals surface area contributed by atoms with Crippen LogP contribution in [-0.4, -0.2) is 32.9 Å². The molecule has 0 fully saturated rings. The molecular weight excluding hydrogens is 342 g/mol. The minimum atomic E-state index is -0.322. The Labute approximate surface area is 141 Å². The highest BCUT2D eigenvalue weighted by molar-refractivity contribution is 8.02. The monoisotopic (exact) mass is 355 g/mol. The van der Waals surface area contributed by atoms with Crippen LogP contribution in [0.25, 0.3) is 0 Å². The van der Waals surface area contributed by atoms with E-state index < -0.39 is 0 Å². The van der Waals surface area contributed by atoms with E-state index in [2.05, 4.69) is 32.4 Å². The molecule has 0 saturated carbocycles. The van der Waals surface area contributed by atoms with Crippen molar-refractivity contribution < 1.29 is 4.79 Å². The highest BCUT2D eigenvalue weighted by Crippen LogP contribution is 2.29. The molecule has 0 bridgehead atoms. The number of amides is 1. The minimum absolute atomic E-state index is 0.157. The lowest BCUT2D eigenvalue weighted by Crippen LogP contribution is -2.22. The van der Waals surface area contributed by atoms with E-state index in [0.717, 1.165) is 4.34 Å². The Morgan fingerprint density at radius 1 is 1.55 bits per heavy atom. The van der Waals surface area contributed by atoms with Gasteiger partial charge in [-0.3, -0.25) is 4.79 Å². The van der Waals surface area contributed by atoms with Crippen molar-refractivity contribution >= 4 is 51.6 Å². The van der Waals surface area contributed by atoms with E-state index >= 15 is 0 Å². The minimum Gasteiger partial charge on any atom is -0.357 e. The first-order valence-electron chi connectivity index (χ1n) is 6.36. The molecule has 2 heterocycles. The van der Waals surface area contributed by atoms with E-state index in [0.29, 0.717) is 22.5 Å². The average Bonchev–Trinajstić information content (AvgIpc) is 2.95. The summed E-state index contributed by atoms with van der Waals surface area (Å²) in [5.41, 5.74) is 0. The molecule has 0 aromatic carbocycles. The van der Waals surface area contributed by atoms with Gasteiger partial charge in [-0.25, -0.2) is 4.98 Å². The van der Waals surface area contributed by atoms with Gasteiger partial charge in [0.15, 0.2) is 4.34 Å². The molecule has 0 aliphatic heterocycles. The van der Waals surface area contributed by atoms with Gasteiger partial charge in [0.25, 0.3) is 0 Å². The third-order valence-electron chi connectivity index (χ3n) is 2.43. The first-order valence-corrected chi connectivity index (χ1v) is 8.43. The van der Waals surface area contributed by atoms with Gasteiger partial charge in [0.2, 0.25) is 11.0 Å². The van der Waals surface area contributed by atoms with Crippen LogP contribution in [0.3, 0.4) is 0 Å². The molecule has 0 aliphatic rings. The highest BCUT2D eigenvalue weighted by atomic mass is 35.5. The summed E-state index contributed by atoms with van der Waals surface area (Å²) in [6.45, 7) is 6.04. The van der Waals surface area contributed by atoms with Crippen molar-refractivity contribution in [1.82, 2.24) is 15.2 Å². The molecule has 2 aromatic heterocycles. The van der Waals surface area contributed by atoms with Gasteiger partial charge in [0, 0.05) is 12.7 Å². The van der Waals surface area contributed by atoms with Gasteiger partial charge >= 0.3 is 0 Å². The van der Waals surface area contributed by atoms with Crippen molar-refractivity contribution in [3.05, 3.63) is 36.0 Å². The van der Waals surface area contributed by atoms with Crippen LogP contribution in [-0.2, 0) is 4.79 Å². The molecule has 0 aliphatic carbocycles. The van der Waals surface area contributed by atoms with E-state index in [1.807, 2.05) is 0 Å². The Balaban J connectivity index is 1.89. The van der Waals surface area contributed by atoms with E-state index in [4.69, 9.17) is 11.6 Å². The Morgan fingerprint density at radius 3 is 3.05 bits per heavy atom. The Kier molecular flexibility index (Phi) is 6.17. The van der Waals surface area contributed by atoms with E-state index in [1.165, 1.54) is 29.3 Å². The number of hydrogen-bond donors (Lipinski definition) is 2. The fourth-order valence-corrected chi connectivity index (χ4v) is 3.39. The maximum Gasteiger partial charge on any atom is 0.238 e. The number of nitrogens with one attached hydrogen (secondary N) is 2. The van der Waals surface area contributed by atoms with Crippen LogP contribution in [0.1, 0.15) is 6.92 Å². The van der Waals surface area contributed by atoms with Crippen molar-refractivity contribution in [2.24, 2.45) is 0 Å². The third kappa shape index (κ3) is 4.97. The molecular formula is C13H14ClN5OS2. The second-order valence-electron chi connectivity index (χ2n) is 4.15. The molecule has 0 radical (unpaired) electrons. The smallest absolute Gasteiger partial charge is 0.238 e. The number of rotatable bonds is 7. The summed E-state index contributed by atoms with van der Waals surface area (Å²) < 4.78 is 0.721.